The maximum Gasteiger partial charge on any atom is 0.338 e. The second kappa shape index (κ2) is 13.3. The van der Waals surface area contributed by atoms with E-state index in [1.54, 1.807) is 18.4 Å². The molecule has 0 fully saturated rings. The van der Waals surface area contributed by atoms with Crippen molar-refractivity contribution in [3.05, 3.63) is 138 Å². The molecule has 6 nitrogen and oxygen atoms in total. The molecule has 1 aliphatic rings. The zero-order valence-electron chi connectivity index (χ0n) is 23.6. The van der Waals surface area contributed by atoms with Crippen LogP contribution >= 0.6 is 72.4 Å². The Morgan fingerprint density at radius 2 is 1.75 bits per heavy atom. The van der Waals surface area contributed by atoms with Gasteiger partial charge in [-0.05, 0) is 117 Å². The molecule has 0 saturated heterocycles. The highest BCUT2D eigenvalue weighted by Gasteiger charge is 2.34. The van der Waals surface area contributed by atoms with Gasteiger partial charge in [-0.15, -0.1) is 0 Å². The van der Waals surface area contributed by atoms with E-state index in [0.29, 0.717) is 27.2 Å². The van der Waals surface area contributed by atoms with E-state index < -0.39 is 12.0 Å². The first kappa shape index (κ1) is 31.2. The molecule has 44 heavy (non-hydrogen) atoms. The van der Waals surface area contributed by atoms with Crippen molar-refractivity contribution >= 4 is 95.3 Å². The SMILES string of the molecule is CCOC(=O)C1=C(C)N=c2s/c(=C/c3cc(I)c(OCc4ccc(Br)cc4)c(I)c3)c(=O)n2[C@@H]1c1cccc2ccccc12. The number of ether oxygens (including phenoxy) is 2. The summed E-state index contributed by atoms with van der Waals surface area (Å²) >= 11 is 9.33. The molecule has 2 heterocycles. The van der Waals surface area contributed by atoms with Gasteiger partial charge in [0.2, 0.25) is 0 Å². The van der Waals surface area contributed by atoms with Gasteiger partial charge in [0.15, 0.2) is 4.80 Å². The summed E-state index contributed by atoms with van der Waals surface area (Å²) in [7, 11) is 0. The first-order valence-electron chi connectivity index (χ1n) is 13.8. The second-order valence-corrected chi connectivity index (χ2v) is 14.3. The highest BCUT2D eigenvalue weighted by molar-refractivity contribution is 14.1. The third-order valence-corrected chi connectivity index (χ3v) is 10.4. The maximum absolute atomic E-state index is 14.2. The highest BCUT2D eigenvalue weighted by atomic mass is 127. The van der Waals surface area contributed by atoms with Gasteiger partial charge in [0, 0.05) is 4.47 Å². The largest absolute Gasteiger partial charge is 0.487 e. The smallest absolute Gasteiger partial charge is 0.338 e. The van der Waals surface area contributed by atoms with Gasteiger partial charge in [-0.2, -0.15) is 0 Å². The predicted octanol–water partition coefficient (Wildman–Crippen LogP) is 7.50. The number of fused-ring (bicyclic) bond motifs is 2. The molecule has 10 heteroatoms. The summed E-state index contributed by atoms with van der Waals surface area (Å²) in [5, 5.41) is 1.99. The van der Waals surface area contributed by atoms with Gasteiger partial charge in [0.1, 0.15) is 12.4 Å². The van der Waals surface area contributed by atoms with Crippen molar-refractivity contribution in [2.75, 3.05) is 6.61 Å². The molecular weight excluding hydrogens is 866 g/mol. The Hall–Kier alpha value is -2.81. The topological polar surface area (TPSA) is 69.9 Å². The summed E-state index contributed by atoms with van der Waals surface area (Å²) in [6, 6.07) is 25.3. The van der Waals surface area contributed by atoms with Gasteiger partial charge in [0.25, 0.3) is 5.56 Å². The molecule has 1 aromatic heterocycles. The van der Waals surface area contributed by atoms with Crippen molar-refractivity contribution in [2.24, 2.45) is 4.99 Å². The Balaban J connectivity index is 1.44. The van der Waals surface area contributed by atoms with Crippen molar-refractivity contribution in [1.29, 1.82) is 0 Å². The number of rotatable bonds is 7. The van der Waals surface area contributed by atoms with Gasteiger partial charge >= 0.3 is 5.97 Å². The molecule has 0 amide bonds. The van der Waals surface area contributed by atoms with Crippen molar-refractivity contribution in [2.45, 2.75) is 26.5 Å². The molecule has 5 aromatic rings. The van der Waals surface area contributed by atoms with E-state index in [0.717, 1.165) is 44.8 Å². The Bertz CT molecular complexity index is 2110. The lowest BCUT2D eigenvalue weighted by Crippen LogP contribution is -2.40. The van der Waals surface area contributed by atoms with E-state index in [4.69, 9.17) is 14.5 Å². The van der Waals surface area contributed by atoms with E-state index in [9.17, 15) is 9.59 Å². The van der Waals surface area contributed by atoms with E-state index >= 15 is 0 Å². The zero-order valence-corrected chi connectivity index (χ0v) is 30.4. The van der Waals surface area contributed by atoms with E-state index in [1.165, 1.54) is 11.3 Å². The molecular formula is C34H25BrI2N2O4S. The summed E-state index contributed by atoms with van der Waals surface area (Å²) in [4.78, 5) is 32.8. The van der Waals surface area contributed by atoms with Crippen LogP contribution in [0.4, 0.5) is 0 Å². The molecule has 0 spiro atoms. The van der Waals surface area contributed by atoms with Crippen LogP contribution in [-0.4, -0.2) is 17.1 Å². The highest BCUT2D eigenvalue weighted by Crippen LogP contribution is 2.35. The van der Waals surface area contributed by atoms with E-state index in [2.05, 4.69) is 61.1 Å². The lowest BCUT2D eigenvalue weighted by atomic mass is 9.91. The van der Waals surface area contributed by atoms with Crippen LogP contribution in [0, 0.1) is 7.14 Å². The Morgan fingerprint density at radius 1 is 1.05 bits per heavy atom. The minimum absolute atomic E-state index is 0.207. The van der Waals surface area contributed by atoms with Crippen LogP contribution in [0.3, 0.4) is 0 Å². The maximum atomic E-state index is 14.2. The summed E-state index contributed by atoms with van der Waals surface area (Å²) in [5.41, 5.74) is 3.52. The molecule has 0 bridgehead atoms. The zero-order chi connectivity index (χ0) is 31.0. The number of halogens is 3. The minimum Gasteiger partial charge on any atom is -0.487 e. The number of carbonyl (C=O) groups is 1. The first-order chi connectivity index (χ1) is 21.2. The second-order valence-electron chi connectivity index (χ2n) is 10.1. The third kappa shape index (κ3) is 6.18. The van der Waals surface area contributed by atoms with Crippen LogP contribution in [0.15, 0.2) is 104 Å². The van der Waals surface area contributed by atoms with Crippen LogP contribution in [-0.2, 0) is 16.1 Å². The lowest BCUT2D eigenvalue weighted by molar-refractivity contribution is -0.139. The fourth-order valence-electron chi connectivity index (χ4n) is 5.26. The Labute approximate surface area is 293 Å². The Kier molecular flexibility index (Phi) is 9.41. The molecule has 1 atom stereocenters. The lowest BCUT2D eigenvalue weighted by Gasteiger charge is -2.25. The molecule has 0 N–H and O–H groups in total. The number of hydrogen-bond donors (Lipinski definition) is 0. The van der Waals surface area contributed by atoms with Crippen LogP contribution in [0.5, 0.6) is 5.75 Å². The number of allylic oxidation sites excluding steroid dienone is 1. The molecule has 0 saturated carbocycles. The molecule has 0 aliphatic carbocycles. The first-order valence-corrected chi connectivity index (χ1v) is 17.6. The Morgan fingerprint density at radius 3 is 2.48 bits per heavy atom. The number of nitrogens with zero attached hydrogens (tertiary/aromatic N) is 2. The normalized spacial score (nSPS) is 14.8. The summed E-state index contributed by atoms with van der Waals surface area (Å²) in [6.45, 7) is 4.25. The number of benzene rings is 4. The van der Waals surface area contributed by atoms with Crippen LogP contribution < -0.4 is 19.6 Å². The average Bonchev–Trinajstić information content (AvgIpc) is 3.30. The monoisotopic (exact) mass is 890 g/mol. The molecule has 1 aliphatic heterocycles. The molecule has 6 rings (SSSR count). The van der Waals surface area contributed by atoms with Crippen molar-refractivity contribution in [3.8, 4) is 5.75 Å². The van der Waals surface area contributed by atoms with Crippen LogP contribution in [0.2, 0.25) is 0 Å². The van der Waals surface area contributed by atoms with Gasteiger partial charge in [-0.25, -0.2) is 9.79 Å². The minimum atomic E-state index is -0.673. The van der Waals surface area contributed by atoms with Gasteiger partial charge in [-0.1, -0.05) is 81.9 Å². The molecule has 0 radical (unpaired) electrons. The quantitative estimate of drug-likeness (QED) is 0.126. The number of thiazole rings is 1. The standard InChI is InChI=1S/C34H25BrI2N2O4S/c1-3-42-33(41)29-19(2)38-34-39(30(29)25-10-6-8-22-7-4-5-9-24(22)25)32(40)28(44-34)17-21-15-26(36)31(27(37)16-21)43-18-20-11-13-23(35)14-12-20/h4-17,30H,3,18H2,1-2H3/b28-17+/t30-/m1/s1. The molecule has 0 unspecified atom stereocenters. The van der Waals surface area contributed by atoms with Crippen LogP contribution in [0.1, 0.15) is 36.6 Å². The number of hydrogen-bond acceptors (Lipinski definition) is 6. The summed E-state index contributed by atoms with van der Waals surface area (Å²) in [5.74, 6) is 0.335. The fourth-order valence-corrected chi connectivity index (χ4v) is 8.70. The van der Waals surface area contributed by atoms with Gasteiger partial charge in [-0.3, -0.25) is 9.36 Å². The number of esters is 1. The third-order valence-electron chi connectivity index (χ3n) is 7.25. The van der Waals surface area contributed by atoms with Crippen molar-refractivity contribution in [1.82, 2.24) is 4.57 Å². The van der Waals surface area contributed by atoms with Gasteiger partial charge < -0.3 is 9.47 Å². The van der Waals surface area contributed by atoms with E-state index in [-0.39, 0.29) is 12.2 Å². The molecule has 222 valence electrons. The van der Waals surface area contributed by atoms with Crippen molar-refractivity contribution in [3.63, 3.8) is 0 Å². The fraction of sp³-hybridized carbons (Fsp3) is 0.147. The average molecular weight is 891 g/mol. The number of aromatic nitrogens is 1. The molecule has 4 aromatic carbocycles. The van der Waals surface area contributed by atoms with Crippen LogP contribution in [0.25, 0.3) is 16.8 Å². The summed E-state index contributed by atoms with van der Waals surface area (Å²) in [6.07, 6.45) is 1.89. The number of carbonyl (C=O) groups excluding carboxylic acids is 1. The van der Waals surface area contributed by atoms with E-state index in [1.807, 2.05) is 84.9 Å². The predicted molar refractivity (Wildman–Crippen MR) is 195 cm³/mol. The van der Waals surface area contributed by atoms with Crippen molar-refractivity contribution < 1.29 is 14.3 Å². The van der Waals surface area contributed by atoms with Gasteiger partial charge in [0.05, 0.1) is 35.6 Å². The summed E-state index contributed by atoms with van der Waals surface area (Å²) < 4.78 is 16.7.